The van der Waals surface area contributed by atoms with E-state index in [1.807, 2.05) is 13.0 Å². The summed E-state index contributed by atoms with van der Waals surface area (Å²) >= 11 is 0. The maximum absolute atomic E-state index is 14.0. The van der Waals surface area contributed by atoms with Crippen molar-refractivity contribution >= 4 is 5.69 Å². The Kier molecular flexibility index (Phi) is 5.03. The zero-order valence-electron chi connectivity index (χ0n) is 13.2. The number of nitrogens with one attached hydrogen (secondary N) is 1. The Balaban J connectivity index is 2.35. The third-order valence-electron chi connectivity index (χ3n) is 4.54. The number of hydrogen-bond acceptors (Lipinski definition) is 2. The van der Waals surface area contributed by atoms with Gasteiger partial charge in [-0.05, 0) is 56.5 Å². The van der Waals surface area contributed by atoms with Gasteiger partial charge in [-0.2, -0.15) is 0 Å². The molecule has 0 heterocycles. The highest BCUT2D eigenvalue weighted by atomic mass is 19.1. The molecule has 0 spiro atoms. The second kappa shape index (κ2) is 6.57. The predicted molar refractivity (Wildman–Crippen MR) is 83.9 cm³/mol. The molecule has 1 aliphatic carbocycles. The smallest absolute Gasteiger partial charge is 0.126 e. The lowest BCUT2D eigenvalue weighted by molar-refractivity contribution is 0.572. The minimum absolute atomic E-state index is 0.103. The molecule has 1 saturated carbocycles. The largest absolute Gasteiger partial charge is 0.371 e. The van der Waals surface area contributed by atoms with Gasteiger partial charge in [-0.25, -0.2) is 4.39 Å². The molecular weight excluding hydrogens is 251 g/mol. The molecule has 0 aromatic heterocycles. The van der Waals surface area contributed by atoms with Crippen LogP contribution in [0.1, 0.15) is 56.7 Å². The average Bonchev–Trinajstić information content (AvgIpc) is 2.94. The standard InChI is InChI=1S/C17H27FN2/c1-5-19-13(3)15-11-16(18)12(2)10-17(15)20(4)14-8-6-7-9-14/h10-11,13-14,19H,5-9H2,1-4H3. The zero-order chi connectivity index (χ0) is 14.7. The molecule has 0 radical (unpaired) electrons. The monoisotopic (exact) mass is 278 g/mol. The second-order valence-electron chi connectivity index (χ2n) is 5.99. The van der Waals surface area contributed by atoms with Crippen molar-refractivity contribution in [1.29, 1.82) is 0 Å². The molecule has 2 nitrogen and oxygen atoms in total. The van der Waals surface area contributed by atoms with Gasteiger partial charge >= 0.3 is 0 Å². The van der Waals surface area contributed by atoms with Gasteiger partial charge in [0.2, 0.25) is 0 Å². The summed E-state index contributed by atoms with van der Waals surface area (Å²) in [4.78, 5) is 2.36. The van der Waals surface area contributed by atoms with Crippen molar-refractivity contribution in [3.63, 3.8) is 0 Å². The minimum atomic E-state index is -0.103. The summed E-state index contributed by atoms with van der Waals surface area (Å²) in [5.41, 5.74) is 2.99. The van der Waals surface area contributed by atoms with E-state index in [9.17, 15) is 4.39 Å². The molecule has 1 fully saturated rings. The molecule has 112 valence electrons. The quantitative estimate of drug-likeness (QED) is 0.869. The molecule has 1 N–H and O–H groups in total. The van der Waals surface area contributed by atoms with E-state index in [1.54, 1.807) is 6.07 Å². The Morgan fingerprint density at radius 1 is 1.35 bits per heavy atom. The number of nitrogens with zero attached hydrogens (tertiary/aromatic N) is 1. The summed E-state index contributed by atoms with van der Waals surface area (Å²) in [7, 11) is 2.16. The Labute approximate surface area is 122 Å². The number of aryl methyl sites for hydroxylation is 1. The Bertz CT molecular complexity index is 453. The summed E-state index contributed by atoms with van der Waals surface area (Å²) in [6.45, 7) is 6.94. The first kappa shape index (κ1) is 15.3. The highest BCUT2D eigenvalue weighted by molar-refractivity contribution is 5.57. The third kappa shape index (κ3) is 3.14. The van der Waals surface area contributed by atoms with Gasteiger partial charge in [0.15, 0.2) is 0 Å². The second-order valence-corrected chi connectivity index (χ2v) is 5.99. The SMILES string of the molecule is CCNC(C)c1cc(F)c(C)cc1N(C)C1CCCC1. The van der Waals surface area contributed by atoms with Crippen molar-refractivity contribution in [3.8, 4) is 0 Å². The maximum Gasteiger partial charge on any atom is 0.126 e. The van der Waals surface area contributed by atoms with Gasteiger partial charge < -0.3 is 10.2 Å². The Hall–Kier alpha value is -1.09. The molecule has 1 aromatic carbocycles. The number of hydrogen-bond donors (Lipinski definition) is 1. The van der Waals surface area contributed by atoms with Crippen LogP contribution in [0, 0.1) is 12.7 Å². The van der Waals surface area contributed by atoms with Crippen LogP contribution < -0.4 is 10.2 Å². The molecule has 3 heteroatoms. The van der Waals surface area contributed by atoms with Crippen LogP contribution in [0.5, 0.6) is 0 Å². The van der Waals surface area contributed by atoms with Crippen molar-refractivity contribution in [2.75, 3.05) is 18.5 Å². The Morgan fingerprint density at radius 2 is 2.00 bits per heavy atom. The van der Waals surface area contributed by atoms with Crippen molar-refractivity contribution < 1.29 is 4.39 Å². The van der Waals surface area contributed by atoms with Gasteiger partial charge in [-0.3, -0.25) is 0 Å². The first-order chi connectivity index (χ1) is 9.54. The van der Waals surface area contributed by atoms with Crippen molar-refractivity contribution in [2.24, 2.45) is 0 Å². The molecule has 0 saturated heterocycles. The zero-order valence-corrected chi connectivity index (χ0v) is 13.2. The number of benzene rings is 1. The van der Waals surface area contributed by atoms with Gasteiger partial charge in [0.25, 0.3) is 0 Å². The summed E-state index contributed by atoms with van der Waals surface area (Å²) in [6.07, 6.45) is 5.13. The van der Waals surface area contributed by atoms with E-state index >= 15 is 0 Å². The van der Waals surface area contributed by atoms with Crippen molar-refractivity contribution in [3.05, 3.63) is 29.1 Å². The lowest BCUT2D eigenvalue weighted by Gasteiger charge is -2.31. The van der Waals surface area contributed by atoms with E-state index in [0.29, 0.717) is 6.04 Å². The molecule has 20 heavy (non-hydrogen) atoms. The highest BCUT2D eigenvalue weighted by Gasteiger charge is 2.23. The molecule has 1 aromatic rings. The fourth-order valence-corrected chi connectivity index (χ4v) is 3.24. The maximum atomic E-state index is 14.0. The average molecular weight is 278 g/mol. The van der Waals surface area contributed by atoms with Crippen molar-refractivity contribution in [2.45, 2.75) is 58.5 Å². The molecule has 2 rings (SSSR count). The van der Waals surface area contributed by atoms with Crippen LogP contribution in [0.4, 0.5) is 10.1 Å². The lowest BCUT2D eigenvalue weighted by Crippen LogP contribution is -2.31. The van der Waals surface area contributed by atoms with E-state index in [-0.39, 0.29) is 11.9 Å². The van der Waals surface area contributed by atoms with Crippen LogP contribution in [0.15, 0.2) is 12.1 Å². The summed E-state index contributed by atoms with van der Waals surface area (Å²) < 4.78 is 14.0. The van der Waals surface area contributed by atoms with Crippen LogP contribution in [0.25, 0.3) is 0 Å². The highest BCUT2D eigenvalue weighted by Crippen LogP contribution is 2.33. The first-order valence-electron chi connectivity index (χ1n) is 7.80. The summed E-state index contributed by atoms with van der Waals surface area (Å²) in [5, 5.41) is 3.40. The lowest BCUT2D eigenvalue weighted by atomic mass is 10.0. The topological polar surface area (TPSA) is 15.3 Å². The molecule has 0 bridgehead atoms. The molecular formula is C17H27FN2. The first-order valence-corrected chi connectivity index (χ1v) is 7.80. The molecule has 0 amide bonds. The van der Waals surface area contributed by atoms with Gasteiger partial charge in [-0.1, -0.05) is 19.8 Å². The van der Waals surface area contributed by atoms with E-state index < -0.39 is 0 Å². The van der Waals surface area contributed by atoms with Crippen LogP contribution in [0.2, 0.25) is 0 Å². The van der Waals surface area contributed by atoms with Gasteiger partial charge in [0.05, 0.1) is 0 Å². The molecule has 0 aliphatic heterocycles. The van der Waals surface area contributed by atoms with E-state index in [1.165, 1.54) is 31.4 Å². The van der Waals surface area contributed by atoms with Gasteiger partial charge in [0.1, 0.15) is 5.82 Å². The summed E-state index contributed by atoms with van der Waals surface area (Å²) in [5.74, 6) is -0.103. The van der Waals surface area contributed by atoms with Crippen molar-refractivity contribution in [1.82, 2.24) is 5.32 Å². The van der Waals surface area contributed by atoms with E-state index in [2.05, 4.69) is 31.1 Å². The molecule has 1 aliphatic rings. The van der Waals surface area contributed by atoms with Crippen LogP contribution >= 0.6 is 0 Å². The Morgan fingerprint density at radius 3 is 2.60 bits per heavy atom. The van der Waals surface area contributed by atoms with Crippen LogP contribution in [-0.4, -0.2) is 19.6 Å². The van der Waals surface area contributed by atoms with E-state index in [0.717, 1.165) is 17.7 Å². The fourth-order valence-electron chi connectivity index (χ4n) is 3.24. The number of anilines is 1. The summed E-state index contributed by atoms with van der Waals surface area (Å²) in [6, 6.07) is 4.50. The molecule has 1 unspecified atom stereocenters. The van der Waals surface area contributed by atoms with Gasteiger partial charge in [0, 0.05) is 24.8 Å². The normalized spacial score (nSPS) is 17.4. The minimum Gasteiger partial charge on any atom is -0.371 e. The van der Waals surface area contributed by atoms with Crippen LogP contribution in [0.3, 0.4) is 0 Å². The van der Waals surface area contributed by atoms with Gasteiger partial charge in [-0.15, -0.1) is 0 Å². The fraction of sp³-hybridized carbons (Fsp3) is 0.647. The van der Waals surface area contributed by atoms with E-state index in [4.69, 9.17) is 0 Å². The number of halogens is 1. The third-order valence-corrected chi connectivity index (χ3v) is 4.54. The predicted octanol–water partition coefficient (Wildman–Crippen LogP) is 4.18. The number of rotatable bonds is 5. The molecule has 1 atom stereocenters. The van der Waals surface area contributed by atoms with Crippen LogP contribution in [-0.2, 0) is 0 Å².